The molecule has 1 heterocycles. The van der Waals surface area contributed by atoms with Crippen molar-refractivity contribution in [1.82, 2.24) is 9.47 Å². The average Bonchev–Trinajstić information content (AvgIpc) is 3.01. The first kappa shape index (κ1) is 17.2. The van der Waals surface area contributed by atoms with Crippen molar-refractivity contribution >= 4 is 11.7 Å². The van der Waals surface area contributed by atoms with Crippen LogP contribution in [0.1, 0.15) is 29.2 Å². The molecular weight excluding hydrogens is 318 g/mol. The van der Waals surface area contributed by atoms with Crippen molar-refractivity contribution in [2.45, 2.75) is 25.8 Å². The number of pyridine rings is 1. The van der Waals surface area contributed by atoms with Gasteiger partial charge in [-0.3, -0.25) is 4.79 Å². The highest BCUT2D eigenvalue weighted by atomic mass is 16.3. The van der Waals surface area contributed by atoms with E-state index in [0.29, 0.717) is 11.3 Å². The van der Waals surface area contributed by atoms with E-state index in [-0.39, 0.29) is 30.8 Å². The van der Waals surface area contributed by atoms with E-state index in [1.165, 1.54) is 16.2 Å². The lowest BCUT2D eigenvalue weighted by molar-refractivity contribution is 0.162. The minimum Gasteiger partial charge on any atom is -0.395 e. The number of aromatic nitrogens is 1. The number of hydrogen-bond acceptors (Lipinski definition) is 3. The minimum atomic E-state index is -0.266. The lowest BCUT2D eigenvalue weighted by Gasteiger charge is -2.29. The van der Waals surface area contributed by atoms with Gasteiger partial charge in [0.2, 0.25) is 0 Å². The number of carbonyl (C=O) groups is 1. The fourth-order valence-electron chi connectivity index (χ4n) is 3.41. The number of amides is 2. The number of aliphatic hydroxyl groups excluding tert-OH is 1. The number of hydrogen-bond donors (Lipinski definition) is 2. The molecule has 2 N–H and O–H groups in total. The first-order valence-electron chi connectivity index (χ1n) is 8.45. The molecule has 6 heteroatoms. The van der Waals surface area contributed by atoms with Gasteiger partial charge in [0.15, 0.2) is 0 Å². The summed E-state index contributed by atoms with van der Waals surface area (Å²) in [7, 11) is 1.65. The summed E-state index contributed by atoms with van der Waals surface area (Å²) in [5.41, 5.74) is 3.59. The molecule has 1 atom stereocenters. The number of urea groups is 1. The van der Waals surface area contributed by atoms with Crippen LogP contribution in [0, 0.1) is 6.92 Å². The van der Waals surface area contributed by atoms with Crippen molar-refractivity contribution in [3.63, 3.8) is 0 Å². The topological polar surface area (TPSA) is 74.6 Å². The summed E-state index contributed by atoms with van der Waals surface area (Å²) >= 11 is 0. The van der Waals surface area contributed by atoms with Crippen LogP contribution in [-0.4, -0.2) is 33.8 Å². The van der Waals surface area contributed by atoms with E-state index in [0.717, 1.165) is 18.4 Å². The molecule has 25 heavy (non-hydrogen) atoms. The van der Waals surface area contributed by atoms with Gasteiger partial charge < -0.3 is 19.9 Å². The van der Waals surface area contributed by atoms with Crippen molar-refractivity contribution in [3.05, 3.63) is 63.6 Å². The normalized spacial score (nSPS) is 15.7. The van der Waals surface area contributed by atoms with Crippen molar-refractivity contribution in [2.24, 2.45) is 7.05 Å². The van der Waals surface area contributed by atoms with Crippen LogP contribution in [0.5, 0.6) is 0 Å². The molecule has 2 aromatic rings. The van der Waals surface area contributed by atoms with Gasteiger partial charge in [0.25, 0.3) is 5.56 Å². The fraction of sp³-hybridized carbons (Fsp3) is 0.368. The Morgan fingerprint density at radius 2 is 2.16 bits per heavy atom. The molecule has 0 spiro atoms. The van der Waals surface area contributed by atoms with Crippen LogP contribution in [0.2, 0.25) is 0 Å². The van der Waals surface area contributed by atoms with Gasteiger partial charge in [0, 0.05) is 25.9 Å². The number of carbonyl (C=O) groups excluding carboxylic acids is 1. The number of anilines is 1. The second-order valence-electron chi connectivity index (χ2n) is 6.42. The summed E-state index contributed by atoms with van der Waals surface area (Å²) in [6.45, 7) is 1.95. The number of benzene rings is 1. The number of fused-ring (bicyclic) bond motifs is 1. The lowest BCUT2D eigenvalue weighted by atomic mass is 10.1. The van der Waals surface area contributed by atoms with Crippen LogP contribution >= 0.6 is 0 Å². The number of nitrogens with zero attached hydrogens (tertiary/aromatic N) is 2. The van der Waals surface area contributed by atoms with Crippen LogP contribution in [0.25, 0.3) is 0 Å². The maximum absolute atomic E-state index is 12.9. The highest BCUT2D eigenvalue weighted by Gasteiger charge is 2.30. The Morgan fingerprint density at radius 3 is 2.92 bits per heavy atom. The summed E-state index contributed by atoms with van der Waals surface area (Å²) < 4.78 is 1.43. The minimum absolute atomic E-state index is 0.0452. The Balaban J connectivity index is 1.85. The molecule has 0 bridgehead atoms. The molecule has 1 aromatic carbocycles. The summed E-state index contributed by atoms with van der Waals surface area (Å²) in [6, 6.07) is 9.30. The predicted molar refractivity (Wildman–Crippen MR) is 96.7 cm³/mol. The smallest absolute Gasteiger partial charge is 0.322 e. The van der Waals surface area contributed by atoms with Crippen LogP contribution in [0.15, 0.2) is 41.3 Å². The molecular formula is C19H23N3O3. The molecule has 3 rings (SSSR count). The second kappa shape index (κ2) is 7.11. The molecule has 0 saturated carbocycles. The Morgan fingerprint density at radius 1 is 1.40 bits per heavy atom. The van der Waals surface area contributed by atoms with E-state index in [1.807, 2.05) is 18.2 Å². The van der Waals surface area contributed by atoms with Crippen LogP contribution in [-0.2, 0) is 13.5 Å². The molecule has 132 valence electrons. The molecule has 1 aliphatic carbocycles. The van der Waals surface area contributed by atoms with Gasteiger partial charge in [0.1, 0.15) is 0 Å². The zero-order valence-corrected chi connectivity index (χ0v) is 14.5. The first-order valence-corrected chi connectivity index (χ1v) is 8.45. The monoisotopic (exact) mass is 341 g/mol. The van der Waals surface area contributed by atoms with E-state index in [1.54, 1.807) is 25.1 Å². The van der Waals surface area contributed by atoms with Gasteiger partial charge >= 0.3 is 6.03 Å². The fourth-order valence-corrected chi connectivity index (χ4v) is 3.41. The van der Waals surface area contributed by atoms with Gasteiger partial charge in [-0.05, 0) is 36.5 Å². The van der Waals surface area contributed by atoms with Crippen molar-refractivity contribution in [1.29, 1.82) is 0 Å². The van der Waals surface area contributed by atoms with Gasteiger partial charge in [-0.1, -0.05) is 24.3 Å². The summed E-state index contributed by atoms with van der Waals surface area (Å²) in [4.78, 5) is 26.2. The standard InChI is InChI=1S/C19H23N3O3/c1-13-11-18(24)21(2)12-16(13)20-19(25)22(9-10-23)17-8-7-14-5-3-4-6-15(14)17/h3-6,11-12,17,23H,7-10H2,1-2H3,(H,20,25). The SMILES string of the molecule is Cc1cc(=O)n(C)cc1NC(=O)N(CCO)C1CCc2ccccc21. The molecule has 1 aromatic heterocycles. The van der Waals surface area contributed by atoms with Crippen molar-refractivity contribution in [2.75, 3.05) is 18.5 Å². The zero-order valence-electron chi connectivity index (χ0n) is 14.5. The van der Waals surface area contributed by atoms with E-state index < -0.39 is 0 Å². The van der Waals surface area contributed by atoms with E-state index >= 15 is 0 Å². The van der Waals surface area contributed by atoms with Gasteiger partial charge in [-0.15, -0.1) is 0 Å². The third-order valence-corrected chi connectivity index (χ3v) is 4.76. The highest BCUT2D eigenvalue weighted by Crippen LogP contribution is 2.35. The number of nitrogens with one attached hydrogen (secondary N) is 1. The predicted octanol–water partition coefficient (Wildman–Crippen LogP) is 2.21. The Bertz CT molecular complexity index is 844. The highest BCUT2D eigenvalue weighted by molar-refractivity contribution is 5.90. The average molecular weight is 341 g/mol. The molecule has 0 saturated heterocycles. The quantitative estimate of drug-likeness (QED) is 0.895. The third kappa shape index (κ3) is 3.44. The van der Waals surface area contributed by atoms with Crippen LogP contribution in [0.3, 0.4) is 0 Å². The largest absolute Gasteiger partial charge is 0.395 e. The third-order valence-electron chi connectivity index (χ3n) is 4.76. The van der Waals surface area contributed by atoms with Gasteiger partial charge in [0.05, 0.1) is 18.3 Å². The summed E-state index contributed by atoms with van der Waals surface area (Å²) in [5, 5.41) is 12.3. The maximum Gasteiger partial charge on any atom is 0.322 e. The van der Waals surface area contributed by atoms with Crippen LogP contribution < -0.4 is 10.9 Å². The Labute approximate surface area is 146 Å². The maximum atomic E-state index is 12.9. The van der Waals surface area contributed by atoms with Crippen molar-refractivity contribution < 1.29 is 9.90 Å². The van der Waals surface area contributed by atoms with Gasteiger partial charge in [-0.25, -0.2) is 4.79 Å². The van der Waals surface area contributed by atoms with E-state index in [4.69, 9.17) is 0 Å². The van der Waals surface area contributed by atoms with Gasteiger partial charge in [-0.2, -0.15) is 0 Å². The molecule has 6 nitrogen and oxygen atoms in total. The Hall–Kier alpha value is -2.60. The number of aliphatic hydroxyl groups is 1. The van der Waals surface area contributed by atoms with Crippen molar-refractivity contribution in [3.8, 4) is 0 Å². The number of aryl methyl sites for hydroxylation is 3. The Kier molecular flexibility index (Phi) is 4.90. The molecule has 0 fully saturated rings. The molecule has 1 unspecified atom stereocenters. The molecule has 0 aliphatic heterocycles. The van der Waals surface area contributed by atoms with Crippen LogP contribution in [0.4, 0.5) is 10.5 Å². The summed E-state index contributed by atoms with van der Waals surface area (Å²) in [6.07, 6.45) is 3.39. The molecule has 0 radical (unpaired) electrons. The zero-order chi connectivity index (χ0) is 18.0. The number of rotatable bonds is 4. The first-order chi connectivity index (χ1) is 12.0. The summed E-state index contributed by atoms with van der Waals surface area (Å²) in [5.74, 6) is 0. The lowest BCUT2D eigenvalue weighted by Crippen LogP contribution is -2.39. The molecule has 1 aliphatic rings. The van der Waals surface area contributed by atoms with E-state index in [9.17, 15) is 14.7 Å². The second-order valence-corrected chi connectivity index (χ2v) is 6.42. The van der Waals surface area contributed by atoms with E-state index in [2.05, 4.69) is 11.4 Å². The molecule has 2 amide bonds.